The Morgan fingerprint density at radius 3 is 2.37 bits per heavy atom. The number of benzene rings is 1. The summed E-state index contributed by atoms with van der Waals surface area (Å²) in [6, 6.07) is 6.69. The van der Waals surface area contributed by atoms with Gasteiger partial charge < -0.3 is 24.5 Å². The Labute approximate surface area is 248 Å². The maximum atomic E-state index is 14.5. The van der Waals surface area contributed by atoms with Gasteiger partial charge in [-0.05, 0) is 78.1 Å². The standard InChI is InChI=1S/C32H45N3O5S/c1-8-18-33(22-12-14-23(15-13-22)40-10-3)27(37)24-25-28(38)34(20-11-21-36)26(32(25)17-16-31(24,7)41-32)29(39)35(19-9-2)30(4,5)6/h8-9,12-15,24-26,36H,1-2,10-11,16-21H2,3-7H3/t24-,25+,26?,31+,32?/m1/s1. The van der Waals surface area contributed by atoms with Crippen molar-refractivity contribution < 1.29 is 24.2 Å². The molecule has 0 aromatic heterocycles. The van der Waals surface area contributed by atoms with Gasteiger partial charge in [0, 0.05) is 42.2 Å². The van der Waals surface area contributed by atoms with Gasteiger partial charge in [0.2, 0.25) is 17.7 Å². The van der Waals surface area contributed by atoms with Crippen molar-refractivity contribution in [3.63, 3.8) is 0 Å². The third kappa shape index (κ3) is 5.31. The summed E-state index contributed by atoms with van der Waals surface area (Å²) in [5.41, 5.74) is 0.226. The van der Waals surface area contributed by atoms with Crippen LogP contribution in [0.2, 0.25) is 0 Å². The lowest BCUT2D eigenvalue weighted by atomic mass is 9.66. The number of aliphatic hydroxyl groups is 1. The van der Waals surface area contributed by atoms with E-state index in [1.165, 1.54) is 0 Å². The molecule has 1 N–H and O–H groups in total. The SMILES string of the molecule is C=CCN(C(=O)[C@H]1[C@H]2C(=O)N(CCCO)C(C(=O)N(CC=C)C(C)(C)C)C23CC[C@]1(C)S3)c1ccc(OCC)cc1. The minimum absolute atomic E-state index is 0.0872. The summed E-state index contributed by atoms with van der Waals surface area (Å²) in [5, 5.41) is 9.65. The highest BCUT2D eigenvalue weighted by atomic mass is 32.2. The van der Waals surface area contributed by atoms with E-state index >= 15 is 0 Å². The second-order valence-corrected chi connectivity index (χ2v) is 14.3. The third-order valence-corrected chi connectivity index (χ3v) is 10.7. The van der Waals surface area contributed by atoms with Crippen LogP contribution in [-0.2, 0) is 14.4 Å². The van der Waals surface area contributed by atoms with E-state index in [-0.39, 0.29) is 30.9 Å². The molecule has 3 fully saturated rings. The second-order valence-electron chi connectivity index (χ2n) is 12.4. The molecule has 1 aromatic carbocycles. The number of thioether (sulfide) groups is 1. The highest BCUT2D eigenvalue weighted by Crippen LogP contribution is 2.71. The number of hydrogen-bond donors (Lipinski definition) is 1. The van der Waals surface area contributed by atoms with Crippen LogP contribution < -0.4 is 9.64 Å². The Morgan fingerprint density at radius 2 is 1.80 bits per heavy atom. The number of carbonyl (C=O) groups excluding carboxylic acids is 3. The lowest BCUT2D eigenvalue weighted by Gasteiger charge is -2.42. The second kappa shape index (κ2) is 11.8. The Morgan fingerprint density at radius 1 is 1.15 bits per heavy atom. The van der Waals surface area contributed by atoms with E-state index in [0.717, 1.165) is 12.2 Å². The molecule has 3 heterocycles. The molecule has 3 saturated heterocycles. The monoisotopic (exact) mass is 583 g/mol. The first-order valence-electron chi connectivity index (χ1n) is 14.6. The van der Waals surface area contributed by atoms with Crippen molar-refractivity contribution in [3.8, 4) is 5.75 Å². The first-order chi connectivity index (χ1) is 19.4. The van der Waals surface area contributed by atoms with Gasteiger partial charge in [0.1, 0.15) is 11.8 Å². The summed E-state index contributed by atoms with van der Waals surface area (Å²) in [6.45, 7) is 19.1. The number of anilines is 1. The minimum Gasteiger partial charge on any atom is -0.494 e. The molecular formula is C32H45N3O5S. The van der Waals surface area contributed by atoms with E-state index in [9.17, 15) is 19.5 Å². The molecule has 3 aliphatic rings. The number of likely N-dealkylation sites (tertiary alicyclic amines) is 1. The van der Waals surface area contributed by atoms with Crippen LogP contribution in [0.4, 0.5) is 5.69 Å². The number of ether oxygens (including phenoxy) is 1. The largest absolute Gasteiger partial charge is 0.494 e. The molecular weight excluding hydrogens is 538 g/mol. The number of carbonyl (C=O) groups is 3. The van der Waals surface area contributed by atoms with Gasteiger partial charge >= 0.3 is 0 Å². The molecule has 0 saturated carbocycles. The normalized spacial score (nSPS) is 28.4. The van der Waals surface area contributed by atoms with Crippen molar-refractivity contribution in [3.05, 3.63) is 49.6 Å². The van der Waals surface area contributed by atoms with Crippen LogP contribution in [0.3, 0.4) is 0 Å². The Balaban J connectivity index is 1.77. The first-order valence-corrected chi connectivity index (χ1v) is 15.4. The third-order valence-electron chi connectivity index (χ3n) is 8.76. The molecule has 224 valence electrons. The van der Waals surface area contributed by atoms with E-state index in [1.807, 2.05) is 52.0 Å². The molecule has 0 radical (unpaired) electrons. The van der Waals surface area contributed by atoms with Crippen molar-refractivity contribution in [2.45, 2.75) is 75.0 Å². The lowest BCUT2D eigenvalue weighted by molar-refractivity contribution is -0.145. The minimum atomic E-state index is -0.720. The van der Waals surface area contributed by atoms with Crippen LogP contribution in [0.1, 0.15) is 53.9 Å². The van der Waals surface area contributed by atoms with Crippen LogP contribution >= 0.6 is 11.8 Å². The number of fused-ring (bicyclic) bond motifs is 1. The molecule has 1 aromatic rings. The van der Waals surface area contributed by atoms with Crippen molar-refractivity contribution in [2.75, 3.05) is 37.7 Å². The van der Waals surface area contributed by atoms with E-state index < -0.39 is 32.9 Å². The molecule has 5 atom stereocenters. The molecule has 0 aliphatic carbocycles. The van der Waals surface area contributed by atoms with Crippen molar-refractivity contribution in [1.29, 1.82) is 0 Å². The maximum absolute atomic E-state index is 14.5. The fourth-order valence-electron chi connectivity index (χ4n) is 7.04. The number of nitrogens with zero attached hydrogens (tertiary/aromatic N) is 3. The van der Waals surface area contributed by atoms with E-state index in [0.29, 0.717) is 38.2 Å². The molecule has 1 spiro atoms. The van der Waals surface area contributed by atoms with Crippen molar-refractivity contribution >= 4 is 35.2 Å². The van der Waals surface area contributed by atoms with E-state index in [1.54, 1.807) is 38.6 Å². The zero-order valence-corrected chi connectivity index (χ0v) is 25.9. The molecule has 3 amide bonds. The Hall–Kier alpha value is -2.78. The number of amides is 3. The summed E-state index contributed by atoms with van der Waals surface area (Å²) < 4.78 is 4.38. The fraction of sp³-hybridized carbons (Fsp3) is 0.594. The van der Waals surface area contributed by atoms with Crippen LogP contribution in [0.15, 0.2) is 49.6 Å². The van der Waals surface area contributed by atoms with Crippen LogP contribution in [-0.4, -0.2) is 86.6 Å². The van der Waals surface area contributed by atoms with Gasteiger partial charge in [-0.25, -0.2) is 0 Å². The maximum Gasteiger partial charge on any atom is 0.247 e. The highest BCUT2D eigenvalue weighted by Gasteiger charge is 2.77. The summed E-state index contributed by atoms with van der Waals surface area (Å²) in [5.74, 6) is -0.921. The van der Waals surface area contributed by atoms with Crippen LogP contribution in [0, 0.1) is 11.8 Å². The van der Waals surface area contributed by atoms with Crippen LogP contribution in [0.25, 0.3) is 0 Å². The number of rotatable bonds is 12. The number of aliphatic hydroxyl groups excluding tert-OH is 1. The quantitative estimate of drug-likeness (QED) is 0.370. The van der Waals surface area contributed by atoms with E-state index in [2.05, 4.69) is 20.1 Å². The fourth-order valence-corrected chi connectivity index (χ4v) is 9.39. The average Bonchev–Trinajstić information content (AvgIpc) is 3.49. The van der Waals surface area contributed by atoms with Gasteiger partial charge in [0.15, 0.2) is 0 Å². The van der Waals surface area contributed by atoms with Gasteiger partial charge in [0.05, 0.1) is 23.2 Å². The first kappa shape index (κ1) is 31.2. The summed E-state index contributed by atoms with van der Waals surface area (Å²) in [7, 11) is 0. The predicted octanol–water partition coefficient (Wildman–Crippen LogP) is 4.28. The molecule has 8 nitrogen and oxygen atoms in total. The molecule has 4 rings (SSSR count). The molecule has 3 aliphatic heterocycles. The zero-order chi connectivity index (χ0) is 30.2. The van der Waals surface area contributed by atoms with Crippen molar-refractivity contribution in [2.24, 2.45) is 11.8 Å². The average molecular weight is 584 g/mol. The highest BCUT2D eigenvalue weighted by molar-refractivity contribution is 8.02. The molecule has 41 heavy (non-hydrogen) atoms. The zero-order valence-electron chi connectivity index (χ0n) is 25.1. The van der Waals surface area contributed by atoms with Crippen molar-refractivity contribution in [1.82, 2.24) is 9.80 Å². The van der Waals surface area contributed by atoms with E-state index in [4.69, 9.17) is 4.74 Å². The van der Waals surface area contributed by atoms with Gasteiger partial charge in [0.25, 0.3) is 0 Å². The topological polar surface area (TPSA) is 90.4 Å². The Kier molecular flexibility index (Phi) is 9.00. The van der Waals surface area contributed by atoms with Crippen LogP contribution in [0.5, 0.6) is 5.75 Å². The lowest BCUT2D eigenvalue weighted by Crippen LogP contribution is -2.59. The number of hydrogen-bond acceptors (Lipinski definition) is 6. The summed E-state index contributed by atoms with van der Waals surface area (Å²) in [6.07, 6.45) is 5.18. The Bertz CT molecular complexity index is 1180. The molecule has 9 heteroatoms. The summed E-state index contributed by atoms with van der Waals surface area (Å²) >= 11 is 1.66. The molecule has 2 unspecified atom stereocenters. The smallest absolute Gasteiger partial charge is 0.247 e. The van der Waals surface area contributed by atoms with Gasteiger partial charge in [-0.1, -0.05) is 12.2 Å². The predicted molar refractivity (Wildman–Crippen MR) is 164 cm³/mol. The van der Waals surface area contributed by atoms with Gasteiger partial charge in [-0.15, -0.1) is 24.9 Å². The van der Waals surface area contributed by atoms with Gasteiger partial charge in [-0.3, -0.25) is 14.4 Å². The molecule has 2 bridgehead atoms. The van der Waals surface area contributed by atoms with Gasteiger partial charge in [-0.2, -0.15) is 0 Å². The summed E-state index contributed by atoms with van der Waals surface area (Å²) in [4.78, 5) is 48.5.